The third kappa shape index (κ3) is 0.478. The molecule has 0 aliphatic heterocycles. The molecule has 4 nitrogen and oxygen atoms in total. The van der Waals surface area contributed by atoms with Crippen LogP contribution < -0.4 is 5.73 Å². The van der Waals surface area contributed by atoms with Crippen LogP contribution in [0.5, 0.6) is 0 Å². The lowest BCUT2D eigenvalue weighted by molar-refractivity contribution is 0.451. The summed E-state index contributed by atoms with van der Waals surface area (Å²) < 4.78 is 4.91. The second-order valence-corrected chi connectivity index (χ2v) is 2.22. The van der Waals surface area contributed by atoms with E-state index >= 15 is 0 Å². The molecule has 0 bridgehead atoms. The van der Waals surface area contributed by atoms with Gasteiger partial charge in [0.15, 0.2) is 0 Å². The smallest absolute Gasteiger partial charge is 0.207 e. The summed E-state index contributed by atoms with van der Waals surface area (Å²) in [5, 5.41) is 3.73. The van der Waals surface area contributed by atoms with Crippen molar-refractivity contribution in [3.05, 3.63) is 11.9 Å². The van der Waals surface area contributed by atoms with E-state index in [0.717, 1.165) is 11.2 Å². The van der Waals surface area contributed by atoms with Gasteiger partial charge in [-0.15, -0.1) is 0 Å². The first-order valence-corrected chi connectivity index (χ1v) is 2.98. The number of fused-ring (bicyclic) bond motifs is 1. The fourth-order valence-electron chi connectivity index (χ4n) is 0.952. The Kier molecular flexibility index (Phi) is 0.818. The zero-order chi connectivity index (χ0) is 7.14. The van der Waals surface area contributed by atoms with Crippen LogP contribution in [0.15, 0.2) is 10.7 Å². The van der Waals surface area contributed by atoms with Gasteiger partial charge in [-0.25, -0.2) is 0 Å². The van der Waals surface area contributed by atoms with Crippen LogP contribution in [-0.2, 0) is 0 Å². The number of aromatic nitrogens is 2. The maximum atomic E-state index is 5.52. The number of hydrogen-bond donors (Lipinski definition) is 2. The number of nitrogens with two attached hydrogens (primary N) is 1. The number of nitrogen functional groups attached to an aromatic ring is 1. The summed E-state index contributed by atoms with van der Waals surface area (Å²) >= 11 is 0. The van der Waals surface area contributed by atoms with Crippen molar-refractivity contribution in [1.29, 1.82) is 0 Å². The SMILES string of the molecule is Cc1noc2c(N)c[nH]c12. The first-order chi connectivity index (χ1) is 4.79. The topological polar surface area (TPSA) is 67.8 Å². The molecule has 0 atom stereocenters. The van der Waals surface area contributed by atoms with Crippen molar-refractivity contribution in [3.8, 4) is 0 Å². The fourth-order valence-corrected chi connectivity index (χ4v) is 0.952. The van der Waals surface area contributed by atoms with E-state index < -0.39 is 0 Å². The molecule has 0 amide bonds. The van der Waals surface area contributed by atoms with Crippen LogP contribution in [0.3, 0.4) is 0 Å². The van der Waals surface area contributed by atoms with E-state index in [9.17, 15) is 0 Å². The van der Waals surface area contributed by atoms with Crippen molar-refractivity contribution in [1.82, 2.24) is 10.1 Å². The van der Waals surface area contributed by atoms with E-state index in [-0.39, 0.29) is 0 Å². The number of rotatable bonds is 0. The van der Waals surface area contributed by atoms with Gasteiger partial charge in [-0.1, -0.05) is 5.16 Å². The Bertz CT molecular complexity index is 324. The number of aromatic amines is 1. The van der Waals surface area contributed by atoms with E-state index in [1.165, 1.54) is 0 Å². The molecule has 2 aromatic rings. The van der Waals surface area contributed by atoms with Gasteiger partial charge < -0.3 is 15.2 Å². The molecule has 0 unspecified atom stereocenters. The highest BCUT2D eigenvalue weighted by Crippen LogP contribution is 2.21. The number of nitrogens with zero attached hydrogens (tertiary/aromatic N) is 1. The molecule has 2 aromatic heterocycles. The van der Waals surface area contributed by atoms with Crippen LogP contribution in [0, 0.1) is 6.92 Å². The average molecular weight is 137 g/mol. The maximum Gasteiger partial charge on any atom is 0.207 e. The Labute approximate surface area is 57.0 Å². The fraction of sp³-hybridized carbons (Fsp3) is 0.167. The van der Waals surface area contributed by atoms with Crippen molar-refractivity contribution in [2.45, 2.75) is 6.92 Å². The van der Waals surface area contributed by atoms with Crippen LogP contribution in [0.25, 0.3) is 11.1 Å². The van der Waals surface area contributed by atoms with Gasteiger partial charge in [0, 0.05) is 6.20 Å². The molecule has 52 valence electrons. The number of hydrogen-bond acceptors (Lipinski definition) is 3. The Morgan fingerprint density at radius 1 is 1.70 bits per heavy atom. The van der Waals surface area contributed by atoms with Crippen LogP contribution in [0.4, 0.5) is 5.69 Å². The van der Waals surface area contributed by atoms with E-state index in [0.29, 0.717) is 11.3 Å². The molecule has 0 spiro atoms. The monoisotopic (exact) mass is 137 g/mol. The van der Waals surface area contributed by atoms with Crippen molar-refractivity contribution in [2.75, 3.05) is 5.73 Å². The second kappa shape index (κ2) is 1.53. The van der Waals surface area contributed by atoms with E-state index in [1.54, 1.807) is 6.20 Å². The van der Waals surface area contributed by atoms with Gasteiger partial charge in [-0.2, -0.15) is 0 Å². The van der Waals surface area contributed by atoms with Crippen LogP contribution in [0.1, 0.15) is 5.69 Å². The highest BCUT2D eigenvalue weighted by atomic mass is 16.5. The Morgan fingerprint density at radius 3 is 3.20 bits per heavy atom. The molecule has 0 fully saturated rings. The molecule has 2 heterocycles. The molecule has 0 radical (unpaired) electrons. The minimum Gasteiger partial charge on any atom is -0.394 e. The summed E-state index contributed by atoms with van der Waals surface area (Å²) in [7, 11) is 0. The summed E-state index contributed by atoms with van der Waals surface area (Å²) in [5.41, 5.74) is 8.51. The third-order valence-corrected chi connectivity index (χ3v) is 1.50. The van der Waals surface area contributed by atoms with Gasteiger partial charge in [0.2, 0.25) is 5.58 Å². The van der Waals surface area contributed by atoms with Gasteiger partial charge >= 0.3 is 0 Å². The van der Waals surface area contributed by atoms with E-state index in [4.69, 9.17) is 10.3 Å². The minimum atomic E-state index is 0.607. The molecule has 0 aliphatic rings. The summed E-state index contributed by atoms with van der Waals surface area (Å²) in [6, 6.07) is 0. The molecule has 2 rings (SSSR count). The van der Waals surface area contributed by atoms with Gasteiger partial charge in [0.05, 0.1) is 5.69 Å². The first kappa shape index (κ1) is 5.34. The normalized spacial score (nSPS) is 10.9. The summed E-state index contributed by atoms with van der Waals surface area (Å²) in [6.45, 7) is 1.86. The van der Waals surface area contributed by atoms with Crippen molar-refractivity contribution < 1.29 is 4.52 Å². The highest BCUT2D eigenvalue weighted by molar-refractivity contribution is 5.86. The lowest BCUT2D eigenvalue weighted by atomic mass is 10.4. The molecule has 10 heavy (non-hydrogen) atoms. The zero-order valence-corrected chi connectivity index (χ0v) is 5.51. The summed E-state index contributed by atoms with van der Waals surface area (Å²) in [6.07, 6.45) is 1.70. The van der Waals surface area contributed by atoms with Gasteiger partial charge in [-0.3, -0.25) is 0 Å². The zero-order valence-electron chi connectivity index (χ0n) is 5.51. The number of nitrogens with one attached hydrogen (secondary N) is 1. The molecular formula is C6H7N3O. The molecule has 3 N–H and O–H groups in total. The molecule has 0 saturated heterocycles. The summed E-state index contributed by atoms with van der Waals surface area (Å²) in [5.74, 6) is 0. The lowest BCUT2D eigenvalue weighted by Gasteiger charge is -1.75. The van der Waals surface area contributed by atoms with E-state index in [1.807, 2.05) is 6.92 Å². The van der Waals surface area contributed by atoms with Crippen molar-refractivity contribution >= 4 is 16.8 Å². The van der Waals surface area contributed by atoms with Crippen LogP contribution in [-0.4, -0.2) is 10.1 Å². The predicted octanol–water partition coefficient (Wildman–Crippen LogP) is 1.05. The standard InChI is InChI=1S/C6H7N3O/c1-3-5-6(10-9-3)4(7)2-8-5/h2,8H,7H2,1H3. The van der Waals surface area contributed by atoms with Crippen molar-refractivity contribution in [3.63, 3.8) is 0 Å². The van der Waals surface area contributed by atoms with Crippen LogP contribution >= 0.6 is 0 Å². The average Bonchev–Trinajstić information content (AvgIpc) is 2.41. The van der Waals surface area contributed by atoms with E-state index in [2.05, 4.69) is 10.1 Å². The summed E-state index contributed by atoms with van der Waals surface area (Å²) in [4.78, 5) is 2.95. The minimum absolute atomic E-state index is 0.607. The van der Waals surface area contributed by atoms with Gasteiger partial charge in [0.1, 0.15) is 11.2 Å². The molecule has 0 aromatic carbocycles. The van der Waals surface area contributed by atoms with Crippen LogP contribution in [0.2, 0.25) is 0 Å². The molecule has 0 saturated carbocycles. The number of aryl methyl sites for hydroxylation is 1. The molecule has 4 heteroatoms. The lowest BCUT2D eigenvalue weighted by Crippen LogP contribution is -1.77. The Balaban J connectivity index is 2.95. The maximum absolute atomic E-state index is 5.52. The molecule has 0 aliphatic carbocycles. The quantitative estimate of drug-likeness (QED) is 0.570. The van der Waals surface area contributed by atoms with Crippen molar-refractivity contribution in [2.24, 2.45) is 0 Å². The number of H-pyrrole nitrogens is 1. The Hall–Kier alpha value is -1.45. The number of anilines is 1. The second-order valence-electron chi connectivity index (χ2n) is 2.22. The Morgan fingerprint density at radius 2 is 2.50 bits per heavy atom. The first-order valence-electron chi connectivity index (χ1n) is 2.98. The molecular weight excluding hydrogens is 130 g/mol. The van der Waals surface area contributed by atoms with Gasteiger partial charge in [-0.05, 0) is 6.92 Å². The highest BCUT2D eigenvalue weighted by Gasteiger charge is 2.07. The predicted molar refractivity (Wildman–Crippen MR) is 37.5 cm³/mol. The largest absolute Gasteiger partial charge is 0.394 e. The van der Waals surface area contributed by atoms with Gasteiger partial charge in [0.25, 0.3) is 0 Å². The third-order valence-electron chi connectivity index (χ3n) is 1.50.